The van der Waals surface area contributed by atoms with Gasteiger partial charge in [-0.2, -0.15) is 15.0 Å². The molecule has 0 spiro atoms. The van der Waals surface area contributed by atoms with Crippen molar-refractivity contribution in [2.24, 2.45) is 0 Å². The van der Waals surface area contributed by atoms with Crippen LogP contribution in [0.15, 0.2) is 0 Å². The summed E-state index contributed by atoms with van der Waals surface area (Å²) in [6.07, 6.45) is 8.90. The number of nitrogens with one attached hydrogen (secondary N) is 1. The molecule has 3 heterocycles. The fourth-order valence-corrected chi connectivity index (χ4v) is 3.11. The molecular weight excluding hydrogens is 264 g/mol. The molecule has 6 nitrogen and oxygen atoms in total. The fraction of sp³-hybridized carbons (Fsp3) is 0.800. The Morgan fingerprint density at radius 2 is 1.10 bits per heavy atom. The molecule has 2 saturated heterocycles. The third-order valence-corrected chi connectivity index (χ3v) is 4.36. The van der Waals surface area contributed by atoms with Gasteiger partial charge < -0.3 is 15.1 Å². The molecule has 0 amide bonds. The van der Waals surface area contributed by atoms with Gasteiger partial charge in [0.15, 0.2) is 0 Å². The Morgan fingerprint density at radius 1 is 0.667 bits per heavy atom. The number of anilines is 3. The van der Waals surface area contributed by atoms with Crippen molar-refractivity contribution in [2.75, 3.05) is 48.3 Å². The summed E-state index contributed by atoms with van der Waals surface area (Å²) >= 11 is 0. The summed E-state index contributed by atoms with van der Waals surface area (Å²) in [7, 11) is 1.88. The first-order chi connectivity index (χ1) is 10.4. The Kier molecular flexibility index (Phi) is 4.72. The summed E-state index contributed by atoms with van der Waals surface area (Å²) in [6.45, 7) is 4.25. The molecule has 0 saturated carbocycles. The zero-order valence-electron chi connectivity index (χ0n) is 13.0. The Labute approximate surface area is 127 Å². The van der Waals surface area contributed by atoms with Crippen LogP contribution in [-0.4, -0.2) is 48.2 Å². The van der Waals surface area contributed by atoms with Crippen molar-refractivity contribution in [1.29, 1.82) is 0 Å². The maximum Gasteiger partial charge on any atom is 0.231 e. The number of hydrogen-bond donors (Lipinski definition) is 1. The van der Waals surface area contributed by atoms with Crippen LogP contribution in [0, 0.1) is 0 Å². The topological polar surface area (TPSA) is 57.2 Å². The summed E-state index contributed by atoms with van der Waals surface area (Å²) in [5.41, 5.74) is 0. The predicted octanol–water partition coefficient (Wildman–Crippen LogP) is 2.28. The summed E-state index contributed by atoms with van der Waals surface area (Å²) in [4.78, 5) is 18.5. The first-order valence-corrected chi connectivity index (χ1v) is 8.30. The van der Waals surface area contributed by atoms with Crippen LogP contribution in [-0.2, 0) is 0 Å². The van der Waals surface area contributed by atoms with Crippen molar-refractivity contribution in [1.82, 2.24) is 15.0 Å². The molecule has 1 N–H and O–H groups in total. The van der Waals surface area contributed by atoms with Gasteiger partial charge in [0.1, 0.15) is 0 Å². The van der Waals surface area contributed by atoms with Crippen LogP contribution in [0.25, 0.3) is 0 Å². The molecule has 0 radical (unpaired) electrons. The number of hydrogen-bond acceptors (Lipinski definition) is 6. The molecule has 116 valence electrons. The zero-order valence-corrected chi connectivity index (χ0v) is 13.0. The maximum atomic E-state index is 4.76. The molecule has 0 unspecified atom stereocenters. The average Bonchev–Trinajstić information content (AvgIpc) is 2.84. The first-order valence-electron chi connectivity index (χ1n) is 8.30. The van der Waals surface area contributed by atoms with E-state index in [0.717, 1.165) is 38.1 Å². The highest BCUT2D eigenvalue weighted by atomic mass is 15.4. The second kappa shape index (κ2) is 6.91. The van der Waals surface area contributed by atoms with E-state index in [2.05, 4.69) is 25.1 Å². The molecular formula is C15H26N6. The normalized spacial score (nSPS) is 20.2. The van der Waals surface area contributed by atoms with Gasteiger partial charge in [-0.3, -0.25) is 0 Å². The molecule has 1 aromatic rings. The second-order valence-electron chi connectivity index (χ2n) is 5.96. The number of aromatic nitrogens is 3. The van der Waals surface area contributed by atoms with Crippen LogP contribution in [0.5, 0.6) is 0 Å². The minimum absolute atomic E-state index is 0.685. The summed E-state index contributed by atoms with van der Waals surface area (Å²) in [5, 5.41) is 3.09. The molecule has 0 aliphatic carbocycles. The average molecular weight is 290 g/mol. The fourth-order valence-electron chi connectivity index (χ4n) is 3.11. The van der Waals surface area contributed by atoms with Crippen LogP contribution in [0.2, 0.25) is 0 Å². The van der Waals surface area contributed by atoms with E-state index in [1.807, 2.05) is 7.05 Å². The lowest BCUT2D eigenvalue weighted by Gasteiger charge is -2.28. The van der Waals surface area contributed by atoms with Crippen molar-refractivity contribution >= 4 is 17.8 Å². The highest BCUT2D eigenvalue weighted by Crippen LogP contribution is 2.22. The van der Waals surface area contributed by atoms with E-state index in [4.69, 9.17) is 4.98 Å². The predicted molar refractivity (Wildman–Crippen MR) is 86.1 cm³/mol. The van der Waals surface area contributed by atoms with Crippen LogP contribution in [0.3, 0.4) is 0 Å². The van der Waals surface area contributed by atoms with Gasteiger partial charge in [0.05, 0.1) is 0 Å². The van der Waals surface area contributed by atoms with Crippen molar-refractivity contribution in [3.05, 3.63) is 0 Å². The third kappa shape index (κ3) is 3.54. The van der Waals surface area contributed by atoms with E-state index in [9.17, 15) is 0 Å². The molecule has 0 aromatic carbocycles. The van der Waals surface area contributed by atoms with Gasteiger partial charge in [-0.1, -0.05) is 12.8 Å². The minimum atomic E-state index is 0.685. The molecule has 3 rings (SSSR count). The van der Waals surface area contributed by atoms with Gasteiger partial charge in [-0.15, -0.1) is 0 Å². The Hall–Kier alpha value is -1.59. The summed E-state index contributed by atoms with van der Waals surface area (Å²) < 4.78 is 0. The van der Waals surface area contributed by atoms with E-state index in [0.29, 0.717) is 5.95 Å². The van der Waals surface area contributed by atoms with Gasteiger partial charge in [-0.05, 0) is 32.1 Å². The number of nitrogens with zero attached hydrogens (tertiary/aromatic N) is 5. The van der Waals surface area contributed by atoms with Crippen molar-refractivity contribution < 1.29 is 0 Å². The molecule has 6 heteroatoms. The van der Waals surface area contributed by atoms with Crippen LogP contribution in [0.4, 0.5) is 17.8 Å². The molecule has 21 heavy (non-hydrogen) atoms. The molecule has 0 bridgehead atoms. The van der Waals surface area contributed by atoms with E-state index in [1.54, 1.807) is 0 Å². The standard InChI is InChI=1S/C15H26N6/c1-16-13-17-14(20-9-5-2-3-6-10-20)19-15(18-13)21-11-7-4-8-12-21/h2-12H2,1H3,(H,16,17,18,19). The van der Waals surface area contributed by atoms with Crippen molar-refractivity contribution in [2.45, 2.75) is 44.9 Å². The minimum Gasteiger partial charge on any atom is -0.357 e. The van der Waals surface area contributed by atoms with Crippen LogP contribution in [0.1, 0.15) is 44.9 Å². The monoisotopic (exact) mass is 290 g/mol. The van der Waals surface area contributed by atoms with E-state index in [-0.39, 0.29) is 0 Å². The van der Waals surface area contributed by atoms with Crippen LogP contribution >= 0.6 is 0 Å². The largest absolute Gasteiger partial charge is 0.357 e. The number of rotatable bonds is 3. The van der Waals surface area contributed by atoms with Gasteiger partial charge in [0, 0.05) is 33.2 Å². The molecule has 2 fully saturated rings. The first kappa shape index (κ1) is 14.4. The second-order valence-corrected chi connectivity index (χ2v) is 5.96. The summed E-state index contributed by atoms with van der Waals surface area (Å²) in [6, 6.07) is 0. The van der Waals surface area contributed by atoms with E-state index < -0.39 is 0 Å². The highest BCUT2D eigenvalue weighted by molar-refractivity contribution is 5.45. The Balaban J connectivity index is 1.84. The van der Waals surface area contributed by atoms with Gasteiger partial charge >= 0.3 is 0 Å². The molecule has 2 aliphatic rings. The Bertz CT molecular complexity index is 449. The third-order valence-electron chi connectivity index (χ3n) is 4.36. The SMILES string of the molecule is CNc1nc(N2CCCCCC2)nc(N2CCCCC2)n1. The van der Waals surface area contributed by atoms with E-state index in [1.165, 1.54) is 44.9 Å². The highest BCUT2D eigenvalue weighted by Gasteiger charge is 2.19. The lowest BCUT2D eigenvalue weighted by atomic mass is 10.1. The lowest BCUT2D eigenvalue weighted by Crippen LogP contribution is -2.33. The van der Waals surface area contributed by atoms with Gasteiger partial charge in [0.2, 0.25) is 17.8 Å². The molecule has 1 aromatic heterocycles. The van der Waals surface area contributed by atoms with Gasteiger partial charge in [0.25, 0.3) is 0 Å². The molecule has 2 aliphatic heterocycles. The molecule has 0 atom stereocenters. The Morgan fingerprint density at radius 3 is 1.52 bits per heavy atom. The smallest absolute Gasteiger partial charge is 0.231 e. The summed E-state index contributed by atoms with van der Waals surface area (Å²) in [5.74, 6) is 2.37. The maximum absolute atomic E-state index is 4.76. The van der Waals surface area contributed by atoms with E-state index >= 15 is 0 Å². The van der Waals surface area contributed by atoms with Gasteiger partial charge in [-0.25, -0.2) is 0 Å². The van der Waals surface area contributed by atoms with Crippen molar-refractivity contribution in [3.63, 3.8) is 0 Å². The zero-order chi connectivity index (χ0) is 14.5. The lowest BCUT2D eigenvalue weighted by molar-refractivity contribution is 0.567. The number of piperidine rings is 1. The van der Waals surface area contributed by atoms with Crippen LogP contribution < -0.4 is 15.1 Å². The quantitative estimate of drug-likeness (QED) is 0.921. The van der Waals surface area contributed by atoms with Crippen molar-refractivity contribution in [3.8, 4) is 0 Å².